The zero-order chi connectivity index (χ0) is 14.0. The van der Waals surface area contributed by atoms with E-state index in [0.717, 1.165) is 20.8 Å². The summed E-state index contributed by atoms with van der Waals surface area (Å²) in [5, 5.41) is 0. The maximum absolute atomic E-state index is 13.6. The molecule has 0 radical (unpaired) electrons. The number of hydrogen-bond donors (Lipinski definition) is 1. The van der Waals surface area contributed by atoms with Crippen molar-refractivity contribution in [2.75, 3.05) is 0 Å². The van der Waals surface area contributed by atoms with Gasteiger partial charge in [-0.15, -0.1) is 0 Å². The normalized spacial score (nSPS) is 12.5. The van der Waals surface area contributed by atoms with Crippen LogP contribution in [0.2, 0.25) is 0 Å². The van der Waals surface area contributed by atoms with Gasteiger partial charge in [-0.1, -0.05) is 30.3 Å². The van der Waals surface area contributed by atoms with Crippen LogP contribution in [0.25, 0.3) is 0 Å². The number of benzene rings is 2. The van der Waals surface area contributed by atoms with Crippen molar-refractivity contribution < 1.29 is 8.78 Å². The Morgan fingerprint density at radius 3 is 2.58 bits per heavy atom. The van der Waals surface area contributed by atoms with E-state index < -0.39 is 11.6 Å². The average molecular weight is 373 g/mol. The average Bonchev–Trinajstić information content (AvgIpc) is 2.38. The summed E-state index contributed by atoms with van der Waals surface area (Å²) in [5.74, 6) is -1.63. The molecule has 0 fully saturated rings. The SMILES string of the molecule is Cc1cccc(C(N)Cc2cccc(F)c2F)c1I. The van der Waals surface area contributed by atoms with Crippen LogP contribution in [-0.4, -0.2) is 0 Å². The first-order chi connectivity index (χ1) is 9.00. The quantitative estimate of drug-likeness (QED) is 0.805. The Kier molecular flexibility index (Phi) is 4.52. The lowest BCUT2D eigenvalue weighted by Gasteiger charge is -2.16. The third kappa shape index (κ3) is 3.12. The van der Waals surface area contributed by atoms with Gasteiger partial charge in [0.25, 0.3) is 0 Å². The van der Waals surface area contributed by atoms with Crippen LogP contribution in [0.5, 0.6) is 0 Å². The molecule has 0 bridgehead atoms. The highest BCUT2D eigenvalue weighted by Gasteiger charge is 2.15. The summed E-state index contributed by atoms with van der Waals surface area (Å²) in [6, 6.07) is 9.69. The Balaban J connectivity index is 2.28. The van der Waals surface area contributed by atoms with Gasteiger partial charge in [0.15, 0.2) is 11.6 Å². The van der Waals surface area contributed by atoms with Crippen LogP contribution in [-0.2, 0) is 6.42 Å². The molecule has 1 atom stereocenters. The minimum Gasteiger partial charge on any atom is -0.324 e. The van der Waals surface area contributed by atoms with Gasteiger partial charge in [0, 0.05) is 9.61 Å². The zero-order valence-electron chi connectivity index (χ0n) is 10.5. The van der Waals surface area contributed by atoms with E-state index >= 15 is 0 Å². The molecule has 2 rings (SSSR count). The fourth-order valence-corrected chi connectivity index (χ4v) is 2.77. The number of halogens is 3. The molecule has 2 N–H and O–H groups in total. The van der Waals surface area contributed by atoms with E-state index in [9.17, 15) is 8.78 Å². The molecule has 0 spiro atoms. The molecule has 19 heavy (non-hydrogen) atoms. The fourth-order valence-electron chi connectivity index (χ4n) is 2.01. The molecule has 1 unspecified atom stereocenters. The molecule has 0 aromatic heterocycles. The second-order valence-electron chi connectivity index (χ2n) is 4.50. The standard InChI is InChI=1S/C15H14F2IN/c1-9-4-2-6-11(15(9)18)13(19)8-10-5-3-7-12(16)14(10)17/h2-7,13H,8,19H2,1H3. The van der Waals surface area contributed by atoms with Crippen molar-refractivity contribution in [2.24, 2.45) is 5.73 Å². The number of nitrogens with two attached hydrogens (primary N) is 1. The van der Waals surface area contributed by atoms with Crippen LogP contribution >= 0.6 is 22.6 Å². The first-order valence-electron chi connectivity index (χ1n) is 5.94. The molecule has 0 amide bonds. The summed E-state index contributed by atoms with van der Waals surface area (Å²) in [7, 11) is 0. The monoisotopic (exact) mass is 373 g/mol. The van der Waals surface area contributed by atoms with Crippen LogP contribution in [0.4, 0.5) is 8.78 Å². The molecule has 0 aliphatic carbocycles. The zero-order valence-corrected chi connectivity index (χ0v) is 12.6. The van der Waals surface area contributed by atoms with Crippen molar-refractivity contribution in [2.45, 2.75) is 19.4 Å². The Hall–Kier alpha value is -1.01. The van der Waals surface area contributed by atoms with Crippen molar-refractivity contribution in [3.05, 3.63) is 68.3 Å². The molecule has 0 saturated heterocycles. The van der Waals surface area contributed by atoms with Gasteiger partial charge in [-0.2, -0.15) is 0 Å². The summed E-state index contributed by atoms with van der Waals surface area (Å²) < 4.78 is 27.9. The first kappa shape index (κ1) is 14.4. The predicted molar refractivity (Wildman–Crippen MR) is 80.9 cm³/mol. The van der Waals surface area contributed by atoms with Gasteiger partial charge in [0.05, 0.1) is 0 Å². The molecule has 0 saturated carbocycles. The minimum absolute atomic E-state index is 0.281. The summed E-state index contributed by atoms with van der Waals surface area (Å²) in [5.41, 5.74) is 8.53. The molecular formula is C15H14F2IN. The maximum atomic E-state index is 13.6. The summed E-state index contributed by atoms with van der Waals surface area (Å²) in [6.45, 7) is 2.00. The molecule has 100 valence electrons. The maximum Gasteiger partial charge on any atom is 0.162 e. The van der Waals surface area contributed by atoms with E-state index in [1.54, 1.807) is 6.07 Å². The van der Waals surface area contributed by atoms with Crippen LogP contribution < -0.4 is 5.73 Å². The van der Waals surface area contributed by atoms with Crippen molar-refractivity contribution in [1.82, 2.24) is 0 Å². The van der Waals surface area contributed by atoms with Crippen LogP contribution in [0.3, 0.4) is 0 Å². The van der Waals surface area contributed by atoms with E-state index in [2.05, 4.69) is 22.6 Å². The number of hydrogen-bond acceptors (Lipinski definition) is 1. The Labute approximate surface area is 125 Å². The van der Waals surface area contributed by atoms with Crippen LogP contribution in [0.1, 0.15) is 22.7 Å². The Morgan fingerprint density at radius 1 is 1.16 bits per heavy atom. The third-order valence-corrected chi connectivity index (χ3v) is 4.57. The molecule has 0 aliphatic rings. The lowest BCUT2D eigenvalue weighted by Crippen LogP contribution is -2.16. The highest BCUT2D eigenvalue weighted by molar-refractivity contribution is 14.1. The molecule has 2 aromatic rings. The second kappa shape index (κ2) is 5.96. The first-order valence-corrected chi connectivity index (χ1v) is 7.02. The van der Waals surface area contributed by atoms with Gasteiger partial charge in [0.1, 0.15) is 0 Å². The molecular weight excluding hydrogens is 359 g/mol. The summed E-state index contributed by atoms with van der Waals surface area (Å²) in [6.07, 6.45) is 0.281. The van der Waals surface area contributed by atoms with Gasteiger partial charge in [-0.3, -0.25) is 0 Å². The molecule has 1 nitrogen and oxygen atoms in total. The van der Waals surface area contributed by atoms with Crippen molar-refractivity contribution in [3.63, 3.8) is 0 Å². The third-order valence-electron chi connectivity index (χ3n) is 3.09. The predicted octanol–water partition coefficient (Wildman–Crippen LogP) is 4.12. The van der Waals surface area contributed by atoms with Gasteiger partial charge >= 0.3 is 0 Å². The van der Waals surface area contributed by atoms with E-state index in [-0.39, 0.29) is 12.5 Å². The van der Waals surface area contributed by atoms with Gasteiger partial charge in [0.2, 0.25) is 0 Å². The van der Waals surface area contributed by atoms with E-state index in [0.29, 0.717) is 5.56 Å². The van der Waals surface area contributed by atoms with Gasteiger partial charge in [-0.25, -0.2) is 8.78 Å². The Bertz CT molecular complexity index is 599. The van der Waals surface area contributed by atoms with Gasteiger partial charge < -0.3 is 5.73 Å². The Morgan fingerprint density at radius 2 is 1.84 bits per heavy atom. The minimum atomic E-state index is -0.830. The van der Waals surface area contributed by atoms with Crippen molar-refractivity contribution in [1.29, 1.82) is 0 Å². The number of rotatable bonds is 3. The van der Waals surface area contributed by atoms with Crippen molar-refractivity contribution in [3.8, 4) is 0 Å². The highest BCUT2D eigenvalue weighted by atomic mass is 127. The fraction of sp³-hybridized carbons (Fsp3) is 0.200. The lowest BCUT2D eigenvalue weighted by molar-refractivity contribution is 0.494. The summed E-state index contributed by atoms with van der Waals surface area (Å²) >= 11 is 2.23. The summed E-state index contributed by atoms with van der Waals surface area (Å²) in [4.78, 5) is 0. The van der Waals surface area contributed by atoms with E-state index in [4.69, 9.17) is 5.73 Å². The van der Waals surface area contributed by atoms with Crippen LogP contribution in [0, 0.1) is 22.1 Å². The lowest BCUT2D eigenvalue weighted by atomic mass is 9.98. The van der Waals surface area contributed by atoms with Gasteiger partial charge in [-0.05, 0) is 58.7 Å². The number of aryl methyl sites for hydroxylation is 1. The second-order valence-corrected chi connectivity index (χ2v) is 5.58. The topological polar surface area (TPSA) is 26.0 Å². The highest BCUT2D eigenvalue weighted by Crippen LogP contribution is 2.25. The molecule has 0 aliphatic heterocycles. The van der Waals surface area contributed by atoms with E-state index in [1.807, 2.05) is 25.1 Å². The smallest absolute Gasteiger partial charge is 0.162 e. The molecule has 2 aromatic carbocycles. The largest absolute Gasteiger partial charge is 0.324 e. The van der Waals surface area contributed by atoms with Crippen LogP contribution in [0.15, 0.2) is 36.4 Å². The molecule has 0 heterocycles. The van der Waals surface area contributed by atoms with E-state index in [1.165, 1.54) is 6.07 Å². The van der Waals surface area contributed by atoms with Crippen molar-refractivity contribution >= 4 is 22.6 Å². The molecule has 4 heteroatoms.